The lowest BCUT2D eigenvalue weighted by Gasteiger charge is -2.28. The average Bonchev–Trinajstić information content (AvgIpc) is 2.93. The van der Waals surface area contributed by atoms with Crippen molar-refractivity contribution in [3.8, 4) is 0 Å². The first-order chi connectivity index (χ1) is 8.80. The molecule has 2 saturated carbocycles. The lowest BCUT2D eigenvalue weighted by Crippen LogP contribution is -2.30. The fraction of sp³-hybridized carbons (Fsp3) is 0.923. The Labute approximate surface area is 114 Å². The van der Waals surface area contributed by atoms with Crippen LogP contribution in [-0.4, -0.2) is 32.7 Å². The van der Waals surface area contributed by atoms with Gasteiger partial charge >= 0.3 is 5.97 Å². The summed E-state index contributed by atoms with van der Waals surface area (Å²) in [5, 5.41) is 8.79. The number of halogens is 2. The summed E-state index contributed by atoms with van der Waals surface area (Å²) in [6.07, 6.45) is 2.64. The number of rotatable bonds is 6. The highest BCUT2D eigenvalue weighted by molar-refractivity contribution is 7.85. The van der Waals surface area contributed by atoms with E-state index in [4.69, 9.17) is 5.11 Å². The minimum absolute atomic E-state index is 0.0551. The van der Waals surface area contributed by atoms with Gasteiger partial charge in [0.05, 0.1) is 6.42 Å². The van der Waals surface area contributed by atoms with Crippen molar-refractivity contribution in [2.45, 2.75) is 50.9 Å². The van der Waals surface area contributed by atoms with Crippen molar-refractivity contribution < 1.29 is 22.9 Å². The third kappa shape index (κ3) is 4.51. The van der Waals surface area contributed by atoms with E-state index in [2.05, 4.69) is 0 Å². The molecule has 2 fully saturated rings. The molecule has 1 N–H and O–H groups in total. The minimum Gasteiger partial charge on any atom is -0.481 e. The van der Waals surface area contributed by atoms with Crippen LogP contribution in [0.4, 0.5) is 8.78 Å². The molecule has 3 nitrogen and oxygen atoms in total. The molecule has 110 valence electrons. The largest absolute Gasteiger partial charge is 0.481 e. The standard InChI is InChI=1S/C13H20F2O3S/c14-13(15)3-1-2-10(6-13)8-19(18)9-12(4-5-12)7-11(16)17/h10H,1-9H2,(H,16,17). The van der Waals surface area contributed by atoms with E-state index in [9.17, 15) is 17.8 Å². The van der Waals surface area contributed by atoms with Gasteiger partial charge < -0.3 is 5.11 Å². The number of carbonyl (C=O) groups is 1. The SMILES string of the molecule is O=C(O)CC1(CS(=O)CC2CCCC(F)(F)C2)CC1. The van der Waals surface area contributed by atoms with Gasteiger partial charge in [-0.1, -0.05) is 0 Å². The molecule has 0 radical (unpaired) electrons. The van der Waals surface area contributed by atoms with Crippen molar-refractivity contribution in [1.29, 1.82) is 0 Å². The minimum atomic E-state index is -2.61. The first kappa shape index (κ1) is 14.9. The molecule has 2 rings (SSSR count). The molecule has 0 heterocycles. The van der Waals surface area contributed by atoms with Crippen molar-refractivity contribution in [3.63, 3.8) is 0 Å². The Bertz CT molecular complexity index is 380. The van der Waals surface area contributed by atoms with Crippen LogP contribution in [0.3, 0.4) is 0 Å². The number of carboxylic acid groups (broad SMARTS) is 1. The van der Waals surface area contributed by atoms with E-state index < -0.39 is 22.7 Å². The molecule has 0 bridgehead atoms. The van der Waals surface area contributed by atoms with Gasteiger partial charge in [-0.3, -0.25) is 9.00 Å². The van der Waals surface area contributed by atoms with Crippen molar-refractivity contribution >= 4 is 16.8 Å². The van der Waals surface area contributed by atoms with Crippen LogP contribution in [0.1, 0.15) is 44.9 Å². The molecule has 0 aliphatic heterocycles. The lowest BCUT2D eigenvalue weighted by molar-refractivity contribution is -0.138. The van der Waals surface area contributed by atoms with Crippen LogP contribution in [0.5, 0.6) is 0 Å². The smallest absolute Gasteiger partial charge is 0.303 e. The van der Waals surface area contributed by atoms with Gasteiger partial charge in [-0.2, -0.15) is 0 Å². The number of alkyl halides is 2. The number of aliphatic carboxylic acids is 1. The van der Waals surface area contributed by atoms with E-state index in [1.807, 2.05) is 0 Å². The zero-order chi connectivity index (χ0) is 14.1. The molecular weight excluding hydrogens is 274 g/mol. The summed E-state index contributed by atoms with van der Waals surface area (Å²) in [6, 6.07) is 0. The van der Waals surface area contributed by atoms with Crippen LogP contribution in [-0.2, 0) is 15.6 Å². The maximum absolute atomic E-state index is 13.3. The predicted molar refractivity (Wildman–Crippen MR) is 68.7 cm³/mol. The Kier molecular flexibility index (Phi) is 4.28. The quantitative estimate of drug-likeness (QED) is 0.819. The molecule has 0 aromatic carbocycles. The van der Waals surface area contributed by atoms with Gasteiger partial charge in [0.15, 0.2) is 0 Å². The lowest BCUT2D eigenvalue weighted by atomic mass is 9.88. The molecule has 2 aliphatic rings. The van der Waals surface area contributed by atoms with Crippen LogP contribution in [0.15, 0.2) is 0 Å². The highest BCUT2D eigenvalue weighted by atomic mass is 32.2. The van der Waals surface area contributed by atoms with E-state index in [0.717, 1.165) is 12.8 Å². The molecule has 19 heavy (non-hydrogen) atoms. The summed E-state index contributed by atoms with van der Waals surface area (Å²) >= 11 is 0. The summed E-state index contributed by atoms with van der Waals surface area (Å²) in [5.74, 6) is -2.98. The van der Waals surface area contributed by atoms with Crippen LogP contribution in [0.25, 0.3) is 0 Å². The van der Waals surface area contributed by atoms with Gasteiger partial charge in [0.2, 0.25) is 5.92 Å². The van der Waals surface area contributed by atoms with Gasteiger partial charge in [-0.05, 0) is 37.0 Å². The zero-order valence-electron chi connectivity index (χ0n) is 10.9. The Morgan fingerprint density at radius 1 is 1.32 bits per heavy atom. The molecule has 0 amide bonds. The van der Waals surface area contributed by atoms with E-state index in [-0.39, 0.29) is 30.6 Å². The normalized spacial score (nSPS) is 29.7. The van der Waals surface area contributed by atoms with Crippen molar-refractivity contribution in [3.05, 3.63) is 0 Å². The van der Waals surface area contributed by atoms with Gasteiger partial charge in [0, 0.05) is 35.1 Å². The maximum atomic E-state index is 13.3. The molecule has 2 unspecified atom stereocenters. The van der Waals surface area contributed by atoms with Gasteiger partial charge in [0.1, 0.15) is 0 Å². The first-order valence-electron chi connectivity index (χ1n) is 6.75. The Morgan fingerprint density at radius 3 is 2.53 bits per heavy atom. The number of hydrogen-bond acceptors (Lipinski definition) is 2. The molecule has 2 atom stereocenters. The van der Waals surface area contributed by atoms with Gasteiger partial charge in [-0.15, -0.1) is 0 Å². The van der Waals surface area contributed by atoms with E-state index in [0.29, 0.717) is 24.3 Å². The second kappa shape index (κ2) is 5.46. The fourth-order valence-electron chi connectivity index (χ4n) is 2.95. The number of carboxylic acids is 1. The Hall–Kier alpha value is -0.520. The summed E-state index contributed by atoms with van der Waals surface area (Å²) in [5.41, 5.74) is -0.312. The molecule has 0 aromatic rings. The molecule has 0 saturated heterocycles. The molecule has 0 spiro atoms. The molecule has 6 heteroatoms. The number of hydrogen-bond donors (Lipinski definition) is 1. The predicted octanol–water partition coefficient (Wildman–Crippen LogP) is 2.82. The zero-order valence-corrected chi connectivity index (χ0v) is 11.7. The monoisotopic (exact) mass is 294 g/mol. The third-order valence-electron chi connectivity index (χ3n) is 4.11. The second-order valence-electron chi connectivity index (χ2n) is 6.14. The fourth-order valence-corrected chi connectivity index (χ4v) is 4.95. The molecule has 2 aliphatic carbocycles. The van der Waals surface area contributed by atoms with Crippen LogP contribution < -0.4 is 0 Å². The van der Waals surface area contributed by atoms with Gasteiger partial charge in [0.25, 0.3) is 0 Å². The first-order valence-corrected chi connectivity index (χ1v) is 8.24. The summed E-state index contributed by atoms with van der Waals surface area (Å²) in [4.78, 5) is 10.7. The van der Waals surface area contributed by atoms with Crippen molar-refractivity contribution in [2.24, 2.45) is 11.3 Å². The van der Waals surface area contributed by atoms with Crippen molar-refractivity contribution in [2.75, 3.05) is 11.5 Å². The summed E-state index contributed by atoms with van der Waals surface area (Å²) < 4.78 is 38.5. The Morgan fingerprint density at radius 2 is 2.00 bits per heavy atom. The van der Waals surface area contributed by atoms with Crippen LogP contribution >= 0.6 is 0 Å². The van der Waals surface area contributed by atoms with Crippen LogP contribution in [0, 0.1) is 11.3 Å². The average molecular weight is 294 g/mol. The van der Waals surface area contributed by atoms with Crippen molar-refractivity contribution in [1.82, 2.24) is 0 Å². The third-order valence-corrected chi connectivity index (χ3v) is 5.89. The molecular formula is C13H20F2O3S. The van der Waals surface area contributed by atoms with Gasteiger partial charge in [-0.25, -0.2) is 8.78 Å². The van der Waals surface area contributed by atoms with E-state index in [1.54, 1.807) is 0 Å². The highest BCUT2D eigenvalue weighted by Gasteiger charge is 2.46. The topological polar surface area (TPSA) is 54.4 Å². The highest BCUT2D eigenvalue weighted by Crippen LogP contribution is 2.49. The summed E-state index contributed by atoms with van der Waals surface area (Å²) in [7, 11) is -1.17. The maximum Gasteiger partial charge on any atom is 0.303 e. The van der Waals surface area contributed by atoms with Crippen LogP contribution in [0.2, 0.25) is 0 Å². The Balaban J connectivity index is 1.80. The summed E-state index contributed by atoms with van der Waals surface area (Å²) in [6.45, 7) is 0. The van der Waals surface area contributed by atoms with E-state index >= 15 is 0 Å². The van der Waals surface area contributed by atoms with E-state index in [1.165, 1.54) is 0 Å². The second-order valence-corrected chi connectivity index (χ2v) is 7.64. The molecule has 0 aromatic heterocycles.